The van der Waals surface area contributed by atoms with E-state index in [-0.39, 0.29) is 5.75 Å². The Morgan fingerprint density at radius 2 is 2.12 bits per heavy atom. The van der Waals surface area contributed by atoms with Gasteiger partial charge in [0.25, 0.3) is 0 Å². The molecule has 0 saturated heterocycles. The van der Waals surface area contributed by atoms with Crippen LogP contribution in [0.3, 0.4) is 0 Å². The summed E-state index contributed by atoms with van der Waals surface area (Å²) in [5.74, 6) is 0.958. The molecule has 0 bridgehead atoms. The monoisotopic (exact) mass is 334 g/mol. The second-order valence-corrected chi connectivity index (χ2v) is 5.27. The minimum atomic E-state index is 0.0778. The van der Waals surface area contributed by atoms with Crippen molar-refractivity contribution < 1.29 is 9.84 Å². The number of methoxy groups -OCH3 is 1. The van der Waals surface area contributed by atoms with Crippen LogP contribution in [0.4, 0.5) is 5.82 Å². The lowest BCUT2D eigenvalue weighted by molar-refractivity contribution is 0.373. The van der Waals surface area contributed by atoms with E-state index in [9.17, 15) is 5.11 Å². The van der Waals surface area contributed by atoms with Gasteiger partial charge in [0.05, 0.1) is 24.4 Å². The molecule has 0 aliphatic rings. The second-order valence-electron chi connectivity index (χ2n) is 5.27. The Hall–Kier alpha value is -3.68. The zero-order valence-corrected chi connectivity index (χ0v) is 13.3. The van der Waals surface area contributed by atoms with Gasteiger partial charge in [-0.3, -0.25) is 9.83 Å². The van der Waals surface area contributed by atoms with E-state index >= 15 is 0 Å². The lowest BCUT2D eigenvalue weighted by Crippen LogP contribution is -1.99. The van der Waals surface area contributed by atoms with Crippen molar-refractivity contribution in [3.63, 3.8) is 0 Å². The van der Waals surface area contributed by atoms with Gasteiger partial charge in [-0.25, -0.2) is 4.98 Å². The third kappa shape index (κ3) is 2.69. The highest BCUT2D eigenvalue weighted by molar-refractivity contribution is 5.84. The Balaban J connectivity index is 1.67. The number of para-hydroxylation sites is 2. The van der Waals surface area contributed by atoms with Gasteiger partial charge in [0.15, 0.2) is 17.3 Å². The maximum Gasteiger partial charge on any atom is 0.205 e. The van der Waals surface area contributed by atoms with Crippen molar-refractivity contribution >= 4 is 28.7 Å². The number of aromatic nitrogens is 4. The molecule has 4 aromatic rings. The van der Waals surface area contributed by atoms with Gasteiger partial charge >= 0.3 is 0 Å². The van der Waals surface area contributed by atoms with Crippen LogP contribution in [-0.2, 0) is 0 Å². The number of fused-ring (bicyclic) bond motifs is 3. The van der Waals surface area contributed by atoms with Crippen LogP contribution in [-0.4, -0.2) is 38.0 Å². The van der Waals surface area contributed by atoms with Crippen molar-refractivity contribution in [3.05, 3.63) is 54.4 Å². The van der Waals surface area contributed by atoms with Gasteiger partial charge < -0.3 is 9.84 Å². The first-order chi connectivity index (χ1) is 12.3. The largest absolute Gasteiger partial charge is 0.504 e. The maximum absolute atomic E-state index is 9.62. The number of hydrogen-bond acceptors (Lipinski definition) is 7. The van der Waals surface area contributed by atoms with Crippen LogP contribution >= 0.6 is 0 Å². The Bertz CT molecular complexity index is 1090. The van der Waals surface area contributed by atoms with Gasteiger partial charge in [-0.05, 0) is 35.9 Å². The van der Waals surface area contributed by atoms with E-state index in [0.29, 0.717) is 17.2 Å². The molecular formula is C17H14N6O2. The number of rotatable bonds is 4. The molecule has 8 nitrogen and oxygen atoms in total. The highest BCUT2D eigenvalue weighted by Gasteiger charge is 2.09. The molecule has 0 unspecified atom stereocenters. The molecule has 2 N–H and O–H groups in total. The zero-order chi connectivity index (χ0) is 17.2. The van der Waals surface area contributed by atoms with Crippen LogP contribution in [0.5, 0.6) is 11.5 Å². The minimum Gasteiger partial charge on any atom is -0.504 e. The fourth-order valence-corrected chi connectivity index (χ4v) is 2.52. The first-order valence-corrected chi connectivity index (χ1v) is 7.51. The van der Waals surface area contributed by atoms with E-state index < -0.39 is 0 Å². The van der Waals surface area contributed by atoms with Crippen molar-refractivity contribution in [1.82, 2.24) is 19.6 Å². The molecule has 124 valence electrons. The van der Waals surface area contributed by atoms with E-state index in [2.05, 4.69) is 25.7 Å². The van der Waals surface area contributed by atoms with E-state index in [1.807, 2.05) is 28.7 Å². The van der Waals surface area contributed by atoms with Gasteiger partial charge in [0.1, 0.15) is 6.33 Å². The first-order valence-electron chi connectivity index (χ1n) is 7.51. The summed E-state index contributed by atoms with van der Waals surface area (Å²) in [6.45, 7) is 0. The molecule has 0 radical (unpaired) electrons. The Morgan fingerprint density at radius 3 is 3.00 bits per heavy atom. The number of benzene rings is 2. The number of anilines is 1. The number of nitrogens with one attached hydrogen (secondary N) is 1. The lowest BCUT2D eigenvalue weighted by Gasteiger charge is -2.06. The maximum atomic E-state index is 9.62. The molecule has 0 aliphatic heterocycles. The van der Waals surface area contributed by atoms with Crippen molar-refractivity contribution in [2.45, 2.75) is 0 Å². The summed E-state index contributed by atoms with van der Waals surface area (Å²) in [4.78, 5) is 4.54. The van der Waals surface area contributed by atoms with Crippen LogP contribution in [0.2, 0.25) is 0 Å². The minimum absolute atomic E-state index is 0.0778. The van der Waals surface area contributed by atoms with Crippen LogP contribution in [0.15, 0.2) is 53.9 Å². The third-order valence-electron chi connectivity index (χ3n) is 3.72. The van der Waals surface area contributed by atoms with Crippen molar-refractivity contribution in [2.24, 2.45) is 5.10 Å². The molecular weight excluding hydrogens is 320 g/mol. The summed E-state index contributed by atoms with van der Waals surface area (Å²) in [7, 11) is 1.50. The molecule has 0 fully saturated rings. The topological polar surface area (TPSA) is 96.9 Å². The molecule has 2 heterocycles. The molecule has 8 heteroatoms. The van der Waals surface area contributed by atoms with E-state index in [0.717, 1.165) is 16.6 Å². The number of nitrogens with zero attached hydrogens (tertiary/aromatic N) is 5. The average molecular weight is 334 g/mol. The van der Waals surface area contributed by atoms with Crippen molar-refractivity contribution in [1.29, 1.82) is 0 Å². The fourth-order valence-electron chi connectivity index (χ4n) is 2.52. The quantitative estimate of drug-likeness (QED) is 0.439. The highest BCUT2D eigenvalue weighted by atomic mass is 16.5. The molecule has 0 aliphatic carbocycles. The Kier molecular flexibility index (Phi) is 3.62. The normalized spacial score (nSPS) is 11.4. The third-order valence-corrected chi connectivity index (χ3v) is 3.72. The second kappa shape index (κ2) is 6.08. The van der Waals surface area contributed by atoms with Crippen LogP contribution in [0.25, 0.3) is 16.7 Å². The number of phenols is 1. The van der Waals surface area contributed by atoms with Gasteiger partial charge in [-0.1, -0.05) is 12.1 Å². The molecule has 4 rings (SSSR count). The predicted octanol–water partition coefficient (Wildman–Crippen LogP) is 2.44. The zero-order valence-electron chi connectivity index (χ0n) is 13.3. The molecule has 2 aromatic carbocycles. The van der Waals surface area contributed by atoms with Crippen LogP contribution < -0.4 is 10.2 Å². The summed E-state index contributed by atoms with van der Waals surface area (Å²) in [6, 6.07) is 12.7. The summed E-state index contributed by atoms with van der Waals surface area (Å²) in [6.07, 6.45) is 3.24. The Morgan fingerprint density at radius 1 is 1.24 bits per heavy atom. The first kappa shape index (κ1) is 14.9. The molecule has 0 saturated carbocycles. The molecule has 0 amide bonds. The molecule has 0 spiro atoms. The van der Waals surface area contributed by atoms with E-state index in [1.54, 1.807) is 30.7 Å². The average Bonchev–Trinajstić information content (AvgIpc) is 3.13. The Labute approximate surface area is 142 Å². The summed E-state index contributed by atoms with van der Waals surface area (Å²) >= 11 is 0. The van der Waals surface area contributed by atoms with Crippen molar-refractivity contribution in [3.8, 4) is 11.5 Å². The summed E-state index contributed by atoms with van der Waals surface area (Å²) in [5.41, 5.74) is 5.97. The van der Waals surface area contributed by atoms with Crippen LogP contribution in [0, 0.1) is 0 Å². The van der Waals surface area contributed by atoms with Crippen LogP contribution in [0.1, 0.15) is 5.56 Å². The summed E-state index contributed by atoms with van der Waals surface area (Å²) in [5, 5.41) is 21.9. The molecule has 2 aromatic heterocycles. The smallest absolute Gasteiger partial charge is 0.205 e. The van der Waals surface area contributed by atoms with Crippen molar-refractivity contribution in [2.75, 3.05) is 12.5 Å². The van der Waals surface area contributed by atoms with Gasteiger partial charge in [0, 0.05) is 0 Å². The van der Waals surface area contributed by atoms with E-state index in [1.165, 1.54) is 7.11 Å². The van der Waals surface area contributed by atoms with Gasteiger partial charge in [0.2, 0.25) is 5.65 Å². The predicted molar refractivity (Wildman–Crippen MR) is 94.2 cm³/mol. The van der Waals surface area contributed by atoms with Gasteiger partial charge in [-0.2, -0.15) is 5.10 Å². The number of phenolic OH excluding ortho intramolecular Hbond substituents is 1. The van der Waals surface area contributed by atoms with E-state index in [4.69, 9.17) is 4.74 Å². The summed E-state index contributed by atoms with van der Waals surface area (Å²) < 4.78 is 6.93. The number of ether oxygens (including phenoxy) is 1. The standard InChI is InChI=1S/C17H14N6O2/c1-25-15-8-11(6-7-14(15)24)9-18-21-16-17-22-19-10-23(17)13-5-3-2-4-12(13)20-16/h2-10,24H,1H3,(H,20,21). The molecule has 25 heavy (non-hydrogen) atoms. The van der Waals surface area contributed by atoms with Gasteiger partial charge in [-0.15, -0.1) is 10.2 Å². The fraction of sp³-hybridized carbons (Fsp3) is 0.0588. The SMILES string of the molecule is COc1cc(C=NNc2nc3ccccc3n3cnnc23)ccc1O. The number of hydrogen-bond donors (Lipinski definition) is 2. The number of hydrazone groups is 1. The number of aromatic hydroxyl groups is 1. The highest BCUT2D eigenvalue weighted by Crippen LogP contribution is 2.25. The molecule has 0 atom stereocenters. The lowest BCUT2D eigenvalue weighted by atomic mass is 10.2.